The van der Waals surface area contributed by atoms with Gasteiger partial charge in [0.1, 0.15) is 6.10 Å². The van der Waals surface area contributed by atoms with Gasteiger partial charge in [0.05, 0.1) is 12.4 Å². The van der Waals surface area contributed by atoms with Crippen molar-refractivity contribution < 1.29 is 9.13 Å². The Kier molecular flexibility index (Phi) is 3.39. The fraction of sp³-hybridized carbons (Fsp3) is 0.429. The maximum Gasteiger partial charge on any atom is 0.316 e. The van der Waals surface area contributed by atoms with Gasteiger partial charge in [-0.05, 0) is 0 Å². The largest absolute Gasteiger partial charge is 0.457 e. The molecule has 1 fully saturated rings. The molecule has 13 heavy (non-hydrogen) atoms. The van der Waals surface area contributed by atoms with Gasteiger partial charge in [0, 0.05) is 13.1 Å². The Morgan fingerprint density at radius 2 is 2.00 bits per heavy atom. The maximum absolute atomic E-state index is 12.3. The molecule has 1 aliphatic heterocycles. The number of rotatable bonds is 2. The molecular weight excluding hydrogens is 197 g/mol. The van der Waals surface area contributed by atoms with Crippen LogP contribution in [0.15, 0.2) is 12.4 Å². The van der Waals surface area contributed by atoms with Gasteiger partial charge >= 0.3 is 6.01 Å². The van der Waals surface area contributed by atoms with Gasteiger partial charge < -0.3 is 10.1 Å². The summed E-state index contributed by atoms with van der Waals surface area (Å²) in [6, 6.07) is 0.239. The van der Waals surface area contributed by atoms with E-state index in [1.165, 1.54) is 0 Å². The molecule has 72 valence electrons. The monoisotopic (exact) mass is 205 g/mol. The van der Waals surface area contributed by atoms with Crippen molar-refractivity contribution in [1.29, 1.82) is 0 Å². The first-order valence-electron chi connectivity index (χ1n) is 3.69. The first-order chi connectivity index (χ1) is 5.84. The van der Waals surface area contributed by atoms with Crippen LogP contribution >= 0.6 is 12.4 Å². The lowest BCUT2D eigenvalue weighted by Gasteiger charge is -2.26. The molecule has 0 amide bonds. The molecule has 1 saturated heterocycles. The molecule has 1 aliphatic rings. The SMILES string of the molecule is Cl.Fc1cnc(OC2CNC2)nc1. The van der Waals surface area contributed by atoms with Crippen LogP contribution in [0.5, 0.6) is 6.01 Å². The number of nitrogens with one attached hydrogen (secondary N) is 1. The highest BCUT2D eigenvalue weighted by atomic mass is 35.5. The highest BCUT2D eigenvalue weighted by molar-refractivity contribution is 5.85. The Morgan fingerprint density at radius 3 is 2.46 bits per heavy atom. The molecular formula is C7H9ClFN3O. The van der Waals surface area contributed by atoms with Crippen molar-refractivity contribution in [3.63, 3.8) is 0 Å². The zero-order valence-corrected chi connectivity index (χ0v) is 7.55. The number of hydrogen-bond acceptors (Lipinski definition) is 4. The van der Waals surface area contributed by atoms with E-state index >= 15 is 0 Å². The van der Waals surface area contributed by atoms with Crippen molar-refractivity contribution in [2.75, 3.05) is 13.1 Å². The molecule has 0 bridgehead atoms. The minimum absolute atomic E-state index is 0. The Hall–Kier alpha value is -0.940. The third-order valence-electron chi connectivity index (χ3n) is 1.61. The third kappa shape index (κ3) is 2.50. The molecule has 0 unspecified atom stereocenters. The second-order valence-corrected chi connectivity index (χ2v) is 2.58. The molecule has 1 aromatic rings. The Bertz CT molecular complexity index is 265. The normalized spacial score (nSPS) is 15.8. The third-order valence-corrected chi connectivity index (χ3v) is 1.61. The van der Waals surface area contributed by atoms with Crippen LogP contribution in [0.3, 0.4) is 0 Å². The molecule has 0 saturated carbocycles. The van der Waals surface area contributed by atoms with Gasteiger partial charge in [0.15, 0.2) is 5.82 Å². The molecule has 0 spiro atoms. The fourth-order valence-electron chi connectivity index (χ4n) is 0.856. The van der Waals surface area contributed by atoms with E-state index in [0.29, 0.717) is 0 Å². The van der Waals surface area contributed by atoms with Crippen molar-refractivity contribution in [3.05, 3.63) is 18.2 Å². The van der Waals surface area contributed by atoms with Gasteiger partial charge in [-0.2, -0.15) is 0 Å². The fourth-order valence-corrected chi connectivity index (χ4v) is 0.856. The molecule has 0 radical (unpaired) electrons. The molecule has 1 N–H and O–H groups in total. The van der Waals surface area contributed by atoms with Gasteiger partial charge in [-0.25, -0.2) is 14.4 Å². The van der Waals surface area contributed by atoms with Crippen molar-refractivity contribution in [1.82, 2.24) is 15.3 Å². The lowest BCUT2D eigenvalue weighted by Crippen LogP contribution is -2.50. The summed E-state index contributed by atoms with van der Waals surface area (Å²) in [6.45, 7) is 1.61. The molecule has 6 heteroatoms. The summed E-state index contributed by atoms with van der Waals surface area (Å²) in [4.78, 5) is 7.33. The number of ether oxygens (including phenoxy) is 1. The topological polar surface area (TPSA) is 47.0 Å². The van der Waals surface area contributed by atoms with E-state index in [9.17, 15) is 4.39 Å². The summed E-state index contributed by atoms with van der Waals surface area (Å²) in [5.74, 6) is -0.450. The van der Waals surface area contributed by atoms with E-state index in [-0.39, 0.29) is 24.5 Å². The minimum atomic E-state index is -0.450. The first-order valence-corrected chi connectivity index (χ1v) is 3.69. The van der Waals surface area contributed by atoms with Gasteiger partial charge in [-0.1, -0.05) is 0 Å². The van der Waals surface area contributed by atoms with Gasteiger partial charge in [0.25, 0.3) is 0 Å². The van der Waals surface area contributed by atoms with Crippen LogP contribution < -0.4 is 10.1 Å². The van der Waals surface area contributed by atoms with Crippen molar-refractivity contribution >= 4 is 12.4 Å². The molecule has 2 heterocycles. The van der Waals surface area contributed by atoms with Crippen LogP contribution in [0.25, 0.3) is 0 Å². The standard InChI is InChI=1S/C7H8FN3O.ClH/c8-5-1-10-7(11-2-5)12-6-3-9-4-6;/h1-2,6,9H,3-4H2;1H. The minimum Gasteiger partial charge on any atom is -0.457 e. The maximum atomic E-state index is 12.3. The van der Waals surface area contributed by atoms with E-state index in [1.54, 1.807) is 0 Å². The van der Waals surface area contributed by atoms with Crippen molar-refractivity contribution in [3.8, 4) is 6.01 Å². The summed E-state index contributed by atoms with van der Waals surface area (Å²) >= 11 is 0. The molecule has 2 rings (SSSR count). The van der Waals surface area contributed by atoms with Crippen LogP contribution in [0, 0.1) is 5.82 Å². The summed E-state index contributed by atoms with van der Waals surface area (Å²) < 4.78 is 17.6. The quantitative estimate of drug-likeness (QED) is 0.759. The molecule has 0 aliphatic carbocycles. The zero-order chi connectivity index (χ0) is 8.39. The Morgan fingerprint density at radius 1 is 1.38 bits per heavy atom. The summed E-state index contributed by atoms with van der Waals surface area (Å²) in [7, 11) is 0. The lowest BCUT2D eigenvalue weighted by atomic mass is 10.2. The molecule has 0 atom stereocenters. The van der Waals surface area contributed by atoms with Gasteiger partial charge in [-0.15, -0.1) is 12.4 Å². The van der Waals surface area contributed by atoms with E-state index in [4.69, 9.17) is 4.74 Å². The Labute approximate surface area is 80.9 Å². The van der Waals surface area contributed by atoms with E-state index < -0.39 is 5.82 Å². The van der Waals surface area contributed by atoms with Gasteiger partial charge in [0.2, 0.25) is 0 Å². The predicted octanol–water partition coefficient (Wildman–Crippen LogP) is 0.388. The van der Waals surface area contributed by atoms with Crippen molar-refractivity contribution in [2.24, 2.45) is 0 Å². The second-order valence-electron chi connectivity index (χ2n) is 2.58. The van der Waals surface area contributed by atoms with Crippen LogP contribution in [-0.4, -0.2) is 29.2 Å². The smallest absolute Gasteiger partial charge is 0.316 e. The van der Waals surface area contributed by atoms with Crippen LogP contribution in [-0.2, 0) is 0 Å². The second kappa shape index (κ2) is 4.34. The Balaban J connectivity index is 0.000000845. The molecule has 4 nitrogen and oxygen atoms in total. The highest BCUT2D eigenvalue weighted by Crippen LogP contribution is 2.06. The van der Waals surface area contributed by atoms with Crippen LogP contribution in [0.1, 0.15) is 0 Å². The zero-order valence-electron chi connectivity index (χ0n) is 6.74. The number of aromatic nitrogens is 2. The average molecular weight is 206 g/mol. The molecule has 1 aromatic heterocycles. The lowest BCUT2D eigenvalue weighted by molar-refractivity contribution is 0.129. The summed E-state index contributed by atoms with van der Waals surface area (Å²) in [5, 5.41) is 3.04. The van der Waals surface area contributed by atoms with E-state index in [2.05, 4.69) is 15.3 Å². The number of halogens is 2. The molecule has 0 aromatic carbocycles. The van der Waals surface area contributed by atoms with E-state index in [0.717, 1.165) is 25.5 Å². The summed E-state index contributed by atoms with van der Waals surface area (Å²) in [6.07, 6.45) is 2.32. The number of hydrogen-bond donors (Lipinski definition) is 1. The summed E-state index contributed by atoms with van der Waals surface area (Å²) in [5.41, 5.74) is 0. The average Bonchev–Trinajstić information content (AvgIpc) is 2.00. The van der Waals surface area contributed by atoms with Gasteiger partial charge in [-0.3, -0.25) is 0 Å². The first kappa shape index (κ1) is 10.1. The van der Waals surface area contributed by atoms with Crippen LogP contribution in [0.2, 0.25) is 0 Å². The van der Waals surface area contributed by atoms with Crippen molar-refractivity contribution in [2.45, 2.75) is 6.10 Å². The van der Waals surface area contributed by atoms with E-state index in [1.807, 2.05) is 0 Å². The number of nitrogens with zero attached hydrogens (tertiary/aromatic N) is 2. The van der Waals surface area contributed by atoms with Crippen LogP contribution in [0.4, 0.5) is 4.39 Å². The predicted molar refractivity (Wildman–Crippen MR) is 46.5 cm³/mol. The highest BCUT2D eigenvalue weighted by Gasteiger charge is 2.19.